The number of aryl methyl sites for hydroxylation is 1. The molecule has 0 bridgehead atoms. The molecule has 5 heteroatoms. The van der Waals surface area contributed by atoms with Gasteiger partial charge in [-0.1, -0.05) is 39.0 Å². The maximum absolute atomic E-state index is 5.28. The molecular weight excluding hydrogens is 690 g/mol. The molecule has 35 heavy (non-hydrogen) atoms. The van der Waals surface area contributed by atoms with Gasteiger partial charge in [0.05, 0.1) is 0 Å². The Bertz CT molecular complexity index is 1000. The fourth-order valence-corrected chi connectivity index (χ4v) is 15.4. The van der Waals surface area contributed by atoms with Crippen molar-refractivity contribution in [3.8, 4) is 17.7 Å². The molecule has 0 fully saturated rings. The molecule has 0 aliphatic carbocycles. The summed E-state index contributed by atoms with van der Waals surface area (Å²) >= 11 is 2.03. The fraction of sp³-hybridized carbons (Fsp3) is 0.567. The van der Waals surface area contributed by atoms with E-state index in [9.17, 15) is 0 Å². The second-order valence-electron chi connectivity index (χ2n) is 9.70. The van der Waals surface area contributed by atoms with Gasteiger partial charge in [-0.05, 0) is 0 Å². The number of fused-ring (bicyclic) bond motifs is 1. The van der Waals surface area contributed by atoms with Gasteiger partial charge >= 0.3 is 200 Å². The zero-order chi connectivity index (χ0) is 24.1. The normalized spacial score (nSPS) is 11.7. The molecule has 190 valence electrons. The van der Waals surface area contributed by atoms with E-state index >= 15 is 0 Å². The molecule has 0 amide bonds. The summed E-state index contributed by atoms with van der Waals surface area (Å²) in [4.78, 5) is 10.0. The zero-order valence-corrected chi connectivity index (χ0v) is 28.2. The molecule has 0 saturated carbocycles. The van der Waals surface area contributed by atoms with Gasteiger partial charge in [0, 0.05) is 0 Å². The van der Waals surface area contributed by atoms with Crippen molar-refractivity contribution in [1.82, 2.24) is 4.98 Å². The van der Waals surface area contributed by atoms with Crippen molar-refractivity contribution in [3.05, 3.63) is 38.7 Å². The predicted octanol–water partition coefficient (Wildman–Crippen LogP) is 8.21. The number of aromatic nitrogens is 1. The second-order valence-corrected chi connectivity index (χ2v) is 18.1. The van der Waals surface area contributed by atoms with Crippen LogP contribution in [0.3, 0.4) is 0 Å². The number of rotatable bonds is 18. The molecule has 4 aromatic heterocycles. The van der Waals surface area contributed by atoms with Gasteiger partial charge in [-0.2, -0.15) is 0 Å². The van der Waals surface area contributed by atoms with E-state index in [1.165, 1.54) is 113 Å². The van der Waals surface area contributed by atoms with Crippen LogP contribution < -0.4 is 0 Å². The molecule has 0 spiro atoms. The van der Waals surface area contributed by atoms with Crippen molar-refractivity contribution < 1.29 is 0 Å². The third-order valence-electron chi connectivity index (χ3n) is 6.78. The summed E-state index contributed by atoms with van der Waals surface area (Å²) in [5.41, 5.74) is 1.43. The number of unbranched alkanes of at least 4 members (excludes halogenated alkanes) is 14. The summed E-state index contributed by atoms with van der Waals surface area (Å²) in [7, 11) is 0. The zero-order valence-electron chi connectivity index (χ0n) is 21.4. The quantitative estimate of drug-likeness (QED) is 0.0743. The molecule has 0 saturated heterocycles. The molecule has 4 heterocycles. The van der Waals surface area contributed by atoms with Crippen LogP contribution in [-0.2, 0) is 6.42 Å². The van der Waals surface area contributed by atoms with Gasteiger partial charge in [-0.3, -0.25) is 0 Å². The molecule has 0 aliphatic heterocycles. The minimum absolute atomic E-state index is 0.475. The van der Waals surface area contributed by atoms with Gasteiger partial charge in [-0.25, -0.2) is 0 Å². The first-order valence-corrected chi connectivity index (χ1v) is 21.0. The van der Waals surface area contributed by atoms with E-state index in [2.05, 4.69) is 41.1 Å². The Morgan fingerprint density at radius 3 is 1.63 bits per heavy atom. The van der Waals surface area contributed by atoms with Crippen LogP contribution in [-0.4, -0.2) is 63.0 Å². The molecule has 0 N–H and O–H groups in total. The van der Waals surface area contributed by atoms with Gasteiger partial charge in [0.1, 0.15) is 0 Å². The van der Waals surface area contributed by atoms with Gasteiger partial charge < -0.3 is 0 Å². The van der Waals surface area contributed by atoms with Crippen LogP contribution in [0, 0.1) is 0 Å². The van der Waals surface area contributed by atoms with Crippen molar-refractivity contribution in [2.24, 2.45) is 0 Å². The van der Waals surface area contributed by atoms with Crippen LogP contribution >= 0.6 is 0 Å². The molecular formula is C30H41NSe4. The Hall–Kier alpha value is 0.188. The van der Waals surface area contributed by atoms with Crippen molar-refractivity contribution in [2.75, 3.05) is 0 Å². The number of hydrogen-bond acceptors (Lipinski definition) is 1. The molecule has 1 nitrogen and oxygen atoms in total. The Balaban J connectivity index is 1.14. The molecule has 0 aromatic carbocycles. The molecule has 0 unspecified atom stereocenters. The van der Waals surface area contributed by atoms with Crippen LogP contribution in [0.1, 0.15) is 108 Å². The molecule has 0 atom stereocenters. The van der Waals surface area contributed by atoms with Gasteiger partial charge in [0.15, 0.2) is 0 Å². The van der Waals surface area contributed by atoms with Crippen LogP contribution in [0.5, 0.6) is 0 Å². The first-order chi connectivity index (χ1) is 17.4. The van der Waals surface area contributed by atoms with Crippen LogP contribution in [0.2, 0.25) is 0 Å². The number of hydrogen-bond donors (Lipinski definition) is 0. The van der Waals surface area contributed by atoms with Crippen molar-refractivity contribution >= 4 is 67.8 Å². The van der Waals surface area contributed by atoms with Crippen molar-refractivity contribution in [2.45, 2.75) is 110 Å². The van der Waals surface area contributed by atoms with E-state index in [-0.39, 0.29) is 0 Å². The fourth-order valence-electron chi connectivity index (χ4n) is 4.77. The van der Waals surface area contributed by atoms with E-state index in [0.29, 0.717) is 58.0 Å². The molecule has 4 aromatic rings. The maximum atomic E-state index is 5.28. The average molecular weight is 732 g/mol. The monoisotopic (exact) mass is 735 g/mol. The summed E-state index contributed by atoms with van der Waals surface area (Å²) in [6.45, 7) is 2.30. The summed E-state index contributed by atoms with van der Waals surface area (Å²) in [6, 6.07) is 9.29. The van der Waals surface area contributed by atoms with E-state index in [1.54, 1.807) is 22.0 Å². The van der Waals surface area contributed by atoms with Crippen molar-refractivity contribution in [3.63, 3.8) is 0 Å². The Labute approximate surface area is 237 Å². The predicted molar refractivity (Wildman–Crippen MR) is 159 cm³/mol. The standard InChI is InChI=1S/C30H41NSe4/c1-2-3-4-5-6-7-8-9-10-11-12-13-14-15-16-21-26-31-27-28(24-19-17-22-32-24)35-29(30(27)34-26)25-20-18-23-33-25/h17-20,22-23H,2-16,21H2,1H3. The third-order valence-corrected chi connectivity index (χ3v) is 17.5. The first kappa shape index (κ1) is 28.2. The molecule has 0 aliphatic rings. The third kappa shape index (κ3) is 8.87. The van der Waals surface area contributed by atoms with Crippen molar-refractivity contribution in [1.29, 1.82) is 0 Å². The van der Waals surface area contributed by atoms with Crippen LogP contribution in [0.15, 0.2) is 34.1 Å². The summed E-state index contributed by atoms with van der Waals surface area (Å²) in [5, 5.41) is 0. The first-order valence-electron chi connectivity index (χ1n) is 13.9. The van der Waals surface area contributed by atoms with Gasteiger partial charge in [0.2, 0.25) is 0 Å². The number of nitrogens with zero attached hydrogens (tertiary/aromatic N) is 1. The SMILES string of the molecule is CCCCCCCCCCCCCCCCCc1nc2c(-c3ccc[se]3)[se]c(-c3ccc[se]3)c2[se]1. The summed E-state index contributed by atoms with van der Waals surface area (Å²) in [6.07, 6.45) is 22.8. The average Bonchev–Trinajstić information content (AvgIpc) is 3.66. The summed E-state index contributed by atoms with van der Waals surface area (Å²) in [5.74, 6) is 0. The van der Waals surface area contributed by atoms with E-state index in [0.717, 1.165) is 0 Å². The minimum atomic E-state index is 0.475. The Morgan fingerprint density at radius 1 is 0.600 bits per heavy atom. The van der Waals surface area contributed by atoms with Gasteiger partial charge in [-0.15, -0.1) is 0 Å². The topological polar surface area (TPSA) is 12.9 Å². The van der Waals surface area contributed by atoms with E-state index in [1.807, 2.05) is 0 Å². The molecule has 0 radical (unpaired) electrons. The Morgan fingerprint density at radius 2 is 1.11 bits per heavy atom. The van der Waals surface area contributed by atoms with E-state index < -0.39 is 0 Å². The summed E-state index contributed by atoms with van der Waals surface area (Å²) < 4.78 is 9.79. The van der Waals surface area contributed by atoms with E-state index in [4.69, 9.17) is 4.98 Å². The van der Waals surface area contributed by atoms with Crippen LogP contribution in [0.25, 0.3) is 27.5 Å². The Kier molecular flexibility index (Phi) is 13.1. The molecule has 4 rings (SSSR count). The van der Waals surface area contributed by atoms with Crippen LogP contribution in [0.4, 0.5) is 0 Å². The van der Waals surface area contributed by atoms with Gasteiger partial charge in [0.25, 0.3) is 0 Å². The second kappa shape index (κ2) is 16.2.